The number of tetrazole rings is 1. The Kier molecular flexibility index (Phi) is 9.97. The van der Waals surface area contributed by atoms with Gasteiger partial charge in [-0.25, -0.2) is 4.68 Å². The van der Waals surface area contributed by atoms with Crippen molar-refractivity contribution in [1.29, 1.82) is 0 Å². The number of halogens is 2. The molecule has 2 aromatic carbocycles. The molecule has 3 N–H and O–H groups in total. The van der Waals surface area contributed by atoms with Crippen molar-refractivity contribution in [3.63, 3.8) is 0 Å². The summed E-state index contributed by atoms with van der Waals surface area (Å²) in [6.45, 7) is 2.69. The fourth-order valence-electron chi connectivity index (χ4n) is 4.07. The molecule has 2 heterocycles. The molecule has 0 aliphatic carbocycles. The highest BCUT2D eigenvalue weighted by Crippen LogP contribution is 2.31. The van der Waals surface area contributed by atoms with Crippen molar-refractivity contribution in [1.82, 2.24) is 30.8 Å². The van der Waals surface area contributed by atoms with Crippen LogP contribution in [0.4, 0.5) is 0 Å². The minimum Gasteiger partial charge on any atom is -0.481 e. The van der Waals surface area contributed by atoms with Crippen LogP contribution in [0, 0.1) is 0 Å². The number of nitrogens with one attached hydrogen (secondary N) is 2. The normalized spacial score (nSPS) is 17.7. The van der Waals surface area contributed by atoms with Crippen molar-refractivity contribution in [3.05, 3.63) is 75.5 Å². The predicted molar refractivity (Wildman–Crippen MR) is 158 cm³/mol. The Hall–Kier alpha value is -3.81. The first-order valence-corrected chi connectivity index (χ1v) is 14.5. The number of aliphatic imine (C=N–C) groups is 1. The molecule has 1 aromatic heterocycles. The summed E-state index contributed by atoms with van der Waals surface area (Å²) < 4.78 is 1.19. The summed E-state index contributed by atoms with van der Waals surface area (Å²) in [4.78, 5) is 55.3. The number of carboxylic acids is 1. The lowest BCUT2D eigenvalue weighted by Gasteiger charge is -2.23. The molecule has 1 aliphatic heterocycles. The van der Waals surface area contributed by atoms with E-state index in [0.29, 0.717) is 21.4 Å². The number of aliphatic carboxylic acids is 1. The fourth-order valence-corrected chi connectivity index (χ4v) is 5.78. The van der Waals surface area contributed by atoms with E-state index in [2.05, 4.69) is 31.2 Å². The lowest BCUT2D eigenvalue weighted by Crippen LogP contribution is -2.55. The Bertz CT molecular complexity index is 1510. The Morgan fingerprint density at radius 2 is 1.76 bits per heavy atom. The molecule has 0 radical (unpaired) electrons. The molecule has 12 nitrogen and oxygen atoms in total. The van der Waals surface area contributed by atoms with Crippen molar-refractivity contribution < 1.29 is 24.3 Å². The van der Waals surface area contributed by atoms with Gasteiger partial charge in [-0.05, 0) is 42.0 Å². The Morgan fingerprint density at radius 1 is 1.07 bits per heavy atom. The number of thioether (sulfide) groups is 1. The number of nitrogens with zero attached hydrogens (tertiary/aromatic N) is 5. The van der Waals surface area contributed by atoms with Crippen molar-refractivity contribution >= 4 is 63.6 Å². The number of rotatable bonds is 12. The van der Waals surface area contributed by atoms with Gasteiger partial charge in [-0.2, -0.15) is 0 Å². The summed E-state index contributed by atoms with van der Waals surface area (Å²) in [5, 5.41) is 27.3. The molecule has 3 unspecified atom stereocenters. The van der Waals surface area contributed by atoms with Crippen LogP contribution in [0.1, 0.15) is 37.2 Å². The zero-order chi connectivity index (χ0) is 30.4. The molecule has 42 heavy (non-hydrogen) atoms. The van der Waals surface area contributed by atoms with Crippen molar-refractivity contribution in [2.75, 3.05) is 5.75 Å². The summed E-state index contributed by atoms with van der Waals surface area (Å²) in [5.41, 5.74) is 0.334. The van der Waals surface area contributed by atoms with E-state index in [1.54, 1.807) is 25.1 Å². The maximum atomic E-state index is 13.1. The Labute approximate surface area is 255 Å². The molecular formula is C27H27Cl2N7O5S. The highest BCUT2D eigenvalue weighted by molar-refractivity contribution is 8.14. The average molecular weight is 633 g/mol. The van der Waals surface area contributed by atoms with E-state index in [1.807, 2.05) is 30.3 Å². The van der Waals surface area contributed by atoms with Crippen LogP contribution in [0.15, 0.2) is 53.5 Å². The van der Waals surface area contributed by atoms with Crippen LogP contribution in [-0.4, -0.2) is 77.3 Å². The van der Waals surface area contributed by atoms with E-state index in [-0.39, 0.29) is 12.2 Å². The van der Waals surface area contributed by atoms with Crippen molar-refractivity contribution in [3.8, 4) is 0 Å². The number of Topliss-reactive ketones (excluding diaryl/α,β-unsaturated/α-hetero) is 1. The molecular weight excluding hydrogens is 605 g/mol. The number of benzene rings is 2. The average Bonchev–Trinajstić information content (AvgIpc) is 3.57. The predicted octanol–water partition coefficient (Wildman–Crippen LogP) is 2.56. The first-order chi connectivity index (χ1) is 20.0. The number of hydrogen-bond acceptors (Lipinski definition) is 9. The van der Waals surface area contributed by atoms with Gasteiger partial charge in [-0.1, -0.05) is 59.6 Å². The summed E-state index contributed by atoms with van der Waals surface area (Å²) >= 11 is 13.9. The second kappa shape index (κ2) is 13.4. The van der Waals surface area contributed by atoms with Gasteiger partial charge in [0.2, 0.25) is 11.8 Å². The van der Waals surface area contributed by atoms with E-state index < -0.39 is 54.2 Å². The van der Waals surface area contributed by atoms with Crippen LogP contribution >= 0.6 is 35.0 Å². The van der Waals surface area contributed by atoms with Gasteiger partial charge in [-0.15, -0.1) is 16.9 Å². The SMILES string of the molecule is CC(NC(=O)C1(C)CSC(c2ccccc2)=N1)C(=O)NC(CC(=O)O)C(=O)Cn1nnnc1Cc1c(Cl)cccc1Cl. The van der Waals surface area contributed by atoms with E-state index in [0.717, 1.165) is 10.6 Å². The fraction of sp³-hybridized carbons (Fsp3) is 0.333. The molecule has 2 amide bonds. The third-order valence-corrected chi connectivity index (χ3v) is 8.50. The van der Waals surface area contributed by atoms with E-state index in [1.165, 1.54) is 23.4 Å². The zero-order valence-electron chi connectivity index (χ0n) is 22.6. The summed E-state index contributed by atoms with van der Waals surface area (Å²) in [5.74, 6) is -2.52. The van der Waals surface area contributed by atoms with Gasteiger partial charge >= 0.3 is 5.97 Å². The number of carboxylic acid groups (broad SMARTS) is 1. The Morgan fingerprint density at radius 3 is 2.43 bits per heavy atom. The molecule has 4 rings (SSSR count). The topological polar surface area (TPSA) is 169 Å². The molecule has 1 aliphatic rings. The van der Waals surface area contributed by atoms with Gasteiger partial charge in [0.05, 0.1) is 17.5 Å². The zero-order valence-corrected chi connectivity index (χ0v) is 24.9. The molecule has 3 atom stereocenters. The number of carbonyl (C=O) groups is 4. The molecule has 0 saturated carbocycles. The van der Waals surface area contributed by atoms with Crippen LogP contribution < -0.4 is 10.6 Å². The van der Waals surface area contributed by atoms with E-state index in [4.69, 9.17) is 23.2 Å². The second-order valence-electron chi connectivity index (χ2n) is 9.80. The van der Waals surface area contributed by atoms with Gasteiger partial charge in [0, 0.05) is 27.8 Å². The largest absolute Gasteiger partial charge is 0.481 e. The van der Waals surface area contributed by atoms with Crippen LogP contribution in [0.3, 0.4) is 0 Å². The van der Waals surface area contributed by atoms with Crippen LogP contribution in [-0.2, 0) is 32.1 Å². The third-order valence-electron chi connectivity index (χ3n) is 6.48. The number of carbonyl (C=O) groups excluding carboxylic acids is 3. The van der Waals surface area contributed by atoms with Gasteiger partial charge < -0.3 is 15.7 Å². The van der Waals surface area contributed by atoms with E-state index in [9.17, 15) is 24.3 Å². The number of aromatic nitrogens is 4. The summed E-state index contributed by atoms with van der Waals surface area (Å²) in [6.07, 6.45) is -0.568. The Balaban J connectivity index is 1.40. The minimum atomic E-state index is -1.41. The van der Waals surface area contributed by atoms with Gasteiger partial charge in [0.15, 0.2) is 11.6 Å². The van der Waals surface area contributed by atoms with Crippen molar-refractivity contribution in [2.24, 2.45) is 4.99 Å². The van der Waals surface area contributed by atoms with Gasteiger partial charge in [0.1, 0.15) is 18.1 Å². The lowest BCUT2D eigenvalue weighted by molar-refractivity contribution is -0.140. The maximum Gasteiger partial charge on any atom is 0.305 e. The molecule has 15 heteroatoms. The minimum absolute atomic E-state index is 0.114. The standard InChI is InChI=1S/C27H27Cl2N7O5S/c1-15(30-26(41)27(2)14-42-25(32-27)16-7-4-3-5-8-16)24(40)31-20(12-23(38)39)21(37)13-36-22(33-34-35-36)11-17-18(28)9-6-10-19(17)29/h3-10,15,20H,11-14H2,1-2H3,(H,30,41)(H,31,40)(H,38,39). The van der Waals surface area contributed by atoms with Crippen molar-refractivity contribution in [2.45, 2.75) is 50.9 Å². The summed E-state index contributed by atoms with van der Waals surface area (Å²) in [6, 6.07) is 11.9. The van der Waals surface area contributed by atoms with E-state index >= 15 is 0 Å². The monoisotopic (exact) mass is 631 g/mol. The maximum absolute atomic E-state index is 13.1. The number of ketones is 1. The number of amides is 2. The van der Waals surface area contributed by atoms with Crippen LogP contribution in [0.2, 0.25) is 10.0 Å². The molecule has 0 saturated heterocycles. The van der Waals surface area contributed by atoms with Gasteiger partial charge in [0.25, 0.3) is 0 Å². The third kappa shape index (κ3) is 7.52. The molecule has 220 valence electrons. The summed E-state index contributed by atoms with van der Waals surface area (Å²) in [7, 11) is 0. The molecule has 0 spiro atoms. The van der Waals surface area contributed by atoms with Crippen LogP contribution in [0.25, 0.3) is 0 Å². The molecule has 0 fully saturated rings. The number of hydrogen-bond donors (Lipinski definition) is 3. The highest BCUT2D eigenvalue weighted by atomic mass is 35.5. The first-order valence-electron chi connectivity index (χ1n) is 12.8. The molecule has 3 aromatic rings. The first kappa shape index (κ1) is 31.1. The smallest absolute Gasteiger partial charge is 0.305 e. The highest BCUT2D eigenvalue weighted by Gasteiger charge is 2.40. The second-order valence-corrected chi connectivity index (χ2v) is 11.6. The molecule has 0 bridgehead atoms. The van der Waals surface area contributed by atoms with Crippen LogP contribution in [0.5, 0.6) is 0 Å². The lowest BCUT2D eigenvalue weighted by atomic mass is 10.0. The van der Waals surface area contributed by atoms with Gasteiger partial charge in [-0.3, -0.25) is 24.2 Å². The quantitative estimate of drug-likeness (QED) is 0.272.